The van der Waals surface area contributed by atoms with Crippen LogP contribution in [0, 0.1) is 0 Å². The third-order valence-corrected chi connectivity index (χ3v) is 5.75. The number of fused-ring (bicyclic) bond motifs is 1. The number of aromatic nitrogens is 2. The fourth-order valence-electron chi connectivity index (χ4n) is 2.62. The first kappa shape index (κ1) is 18.3. The van der Waals surface area contributed by atoms with E-state index in [0.29, 0.717) is 0 Å². The molecular formula is C16H25N3O2S2. The van der Waals surface area contributed by atoms with Crippen molar-refractivity contribution in [3.63, 3.8) is 0 Å². The maximum atomic E-state index is 12.3. The van der Waals surface area contributed by atoms with Crippen molar-refractivity contribution >= 4 is 32.8 Å². The minimum atomic E-state index is -3.50. The Labute approximate surface area is 142 Å². The molecule has 1 heterocycles. The van der Waals surface area contributed by atoms with E-state index in [0.717, 1.165) is 29.0 Å². The van der Waals surface area contributed by atoms with E-state index >= 15 is 0 Å². The lowest BCUT2D eigenvalue weighted by Crippen LogP contribution is -2.30. The van der Waals surface area contributed by atoms with E-state index < -0.39 is 10.0 Å². The molecule has 0 saturated heterocycles. The molecule has 128 valence electrons. The lowest BCUT2D eigenvalue weighted by atomic mass is 10.3. The molecule has 5 nitrogen and oxygen atoms in total. The van der Waals surface area contributed by atoms with Gasteiger partial charge in [0, 0.05) is 24.3 Å². The molecule has 2 rings (SSSR count). The van der Waals surface area contributed by atoms with E-state index in [1.54, 1.807) is 23.9 Å². The summed E-state index contributed by atoms with van der Waals surface area (Å²) >= 11 is 1.78. The summed E-state index contributed by atoms with van der Waals surface area (Å²) in [5, 5.41) is 0. The van der Waals surface area contributed by atoms with Gasteiger partial charge in [0.2, 0.25) is 10.0 Å². The average Bonchev–Trinajstić information content (AvgIpc) is 2.80. The predicted molar refractivity (Wildman–Crippen MR) is 97.7 cm³/mol. The molecule has 0 spiro atoms. The van der Waals surface area contributed by atoms with Gasteiger partial charge in [-0.05, 0) is 52.1 Å². The van der Waals surface area contributed by atoms with Crippen molar-refractivity contribution in [3.8, 4) is 0 Å². The third-order valence-electron chi connectivity index (χ3n) is 3.48. The molecule has 0 unspecified atom stereocenters. The summed E-state index contributed by atoms with van der Waals surface area (Å²) in [4.78, 5) is 4.95. The number of hydrogen-bond acceptors (Lipinski definition) is 4. The highest BCUT2D eigenvalue weighted by Crippen LogP contribution is 2.24. The SMILES string of the molecule is CSCCc1nc2cc(S(=O)(=O)NC(C)C)ccc2n1C(C)C. The van der Waals surface area contributed by atoms with Gasteiger partial charge in [-0.2, -0.15) is 11.8 Å². The zero-order valence-corrected chi connectivity index (χ0v) is 16.0. The monoisotopic (exact) mass is 355 g/mol. The van der Waals surface area contributed by atoms with Gasteiger partial charge in [-0.25, -0.2) is 18.1 Å². The van der Waals surface area contributed by atoms with Crippen molar-refractivity contribution in [2.45, 2.75) is 51.1 Å². The smallest absolute Gasteiger partial charge is 0.240 e. The van der Waals surface area contributed by atoms with Gasteiger partial charge < -0.3 is 4.57 Å². The maximum absolute atomic E-state index is 12.3. The van der Waals surface area contributed by atoms with Crippen LogP contribution in [0.15, 0.2) is 23.1 Å². The molecule has 1 N–H and O–H groups in total. The average molecular weight is 356 g/mol. The first-order valence-electron chi connectivity index (χ1n) is 7.78. The van der Waals surface area contributed by atoms with E-state index in [1.807, 2.05) is 19.9 Å². The van der Waals surface area contributed by atoms with Crippen LogP contribution in [0.5, 0.6) is 0 Å². The number of sulfonamides is 1. The van der Waals surface area contributed by atoms with E-state index in [9.17, 15) is 8.42 Å². The quantitative estimate of drug-likeness (QED) is 0.828. The molecule has 1 aromatic heterocycles. The highest BCUT2D eigenvalue weighted by molar-refractivity contribution is 7.98. The Bertz CT molecular complexity index is 780. The van der Waals surface area contributed by atoms with Crippen molar-refractivity contribution in [2.24, 2.45) is 0 Å². The molecule has 0 aliphatic rings. The van der Waals surface area contributed by atoms with Gasteiger partial charge in [0.15, 0.2) is 0 Å². The summed E-state index contributed by atoms with van der Waals surface area (Å²) in [5.41, 5.74) is 1.72. The van der Waals surface area contributed by atoms with Crippen molar-refractivity contribution in [2.75, 3.05) is 12.0 Å². The lowest BCUT2D eigenvalue weighted by molar-refractivity contribution is 0.570. The largest absolute Gasteiger partial charge is 0.325 e. The van der Waals surface area contributed by atoms with Crippen LogP contribution in [-0.2, 0) is 16.4 Å². The lowest BCUT2D eigenvalue weighted by Gasteiger charge is -2.13. The normalized spacial score (nSPS) is 12.7. The van der Waals surface area contributed by atoms with Crippen LogP contribution in [0.25, 0.3) is 11.0 Å². The Balaban J connectivity index is 2.52. The number of thioether (sulfide) groups is 1. The summed E-state index contributed by atoms with van der Waals surface area (Å²) in [6, 6.07) is 5.34. The van der Waals surface area contributed by atoms with Gasteiger partial charge in [-0.1, -0.05) is 0 Å². The van der Waals surface area contributed by atoms with Crippen LogP contribution < -0.4 is 4.72 Å². The molecule has 0 fully saturated rings. The zero-order chi connectivity index (χ0) is 17.2. The van der Waals surface area contributed by atoms with E-state index in [2.05, 4.69) is 34.4 Å². The van der Waals surface area contributed by atoms with Crippen LogP contribution in [0.1, 0.15) is 39.6 Å². The van der Waals surface area contributed by atoms with E-state index in [4.69, 9.17) is 0 Å². The highest BCUT2D eigenvalue weighted by Gasteiger charge is 2.19. The fourth-order valence-corrected chi connectivity index (χ4v) is 4.28. The molecule has 0 bridgehead atoms. The standard InChI is InChI=1S/C16H25N3O2S2/c1-11(2)18-23(20,21)13-6-7-15-14(10-13)17-16(8-9-22-5)19(15)12(3)4/h6-7,10-12,18H,8-9H2,1-5H3. The molecule has 7 heteroatoms. The second kappa shape index (κ2) is 7.23. The fraction of sp³-hybridized carbons (Fsp3) is 0.562. The summed E-state index contributed by atoms with van der Waals surface area (Å²) in [7, 11) is -3.50. The molecule has 0 saturated carbocycles. The Morgan fingerprint density at radius 1 is 1.26 bits per heavy atom. The number of hydrogen-bond donors (Lipinski definition) is 1. The van der Waals surface area contributed by atoms with Gasteiger partial charge in [0.25, 0.3) is 0 Å². The number of rotatable bonds is 7. The minimum absolute atomic E-state index is 0.138. The van der Waals surface area contributed by atoms with Crippen molar-refractivity contribution in [1.29, 1.82) is 0 Å². The summed E-state index contributed by atoms with van der Waals surface area (Å²) in [5.74, 6) is 2.01. The molecule has 0 atom stereocenters. The molecule has 0 aliphatic carbocycles. The Morgan fingerprint density at radius 2 is 1.96 bits per heavy atom. The Kier molecular flexibility index (Phi) is 5.75. The number of nitrogens with one attached hydrogen (secondary N) is 1. The van der Waals surface area contributed by atoms with Crippen molar-refractivity contribution in [3.05, 3.63) is 24.0 Å². The van der Waals surface area contributed by atoms with E-state index in [1.165, 1.54) is 0 Å². The van der Waals surface area contributed by atoms with Gasteiger partial charge in [-0.15, -0.1) is 0 Å². The third kappa shape index (κ3) is 4.08. The van der Waals surface area contributed by atoms with Crippen molar-refractivity contribution < 1.29 is 8.42 Å². The first-order chi connectivity index (χ1) is 10.8. The number of nitrogens with zero attached hydrogens (tertiary/aromatic N) is 2. The molecule has 0 radical (unpaired) electrons. The maximum Gasteiger partial charge on any atom is 0.240 e. The Morgan fingerprint density at radius 3 is 2.52 bits per heavy atom. The molecule has 0 aliphatic heterocycles. The molecule has 1 aromatic carbocycles. The van der Waals surface area contributed by atoms with Gasteiger partial charge in [0.05, 0.1) is 15.9 Å². The van der Waals surface area contributed by atoms with Crippen LogP contribution in [-0.4, -0.2) is 36.0 Å². The predicted octanol–water partition coefficient (Wildman–Crippen LogP) is 3.21. The van der Waals surface area contributed by atoms with Crippen LogP contribution in [0.4, 0.5) is 0 Å². The molecule has 0 amide bonds. The van der Waals surface area contributed by atoms with Crippen LogP contribution in [0.2, 0.25) is 0 Å². The van der Waals surface area contributed by atoms with Gasteiger partial charge >= 0.3 is 0 Å². The van der Waals surface area contributed by atoms with Crippen LogP contribution >= 0.6 is 11.8 Å². The summed E-state index contributed by atoms with van der Waals surface area (Å²) in [6.07, 6.45) is 2.95. The molecule has 23 heavy (non-hydrogen) atoms. The summed E-state index contributed by atoms with van der Waals surface area (Å²) < 4.78 is 29.5. The summed E-state index contributed by atoms with van der Waals surface area (Å²) in [6.45, 7) is 7.86. The van der Waals surface area contributed by atoms with E-state index in [-0.39, 0.29) is 17.0 Å². The van der Waals surface area contributed by atoms with Gasteiger partial charge in [-0.3, -0.25) is 0 Å². The number of benzene rings is 1. The second-order valence-electron chi connectivity index (χ2n) is 6.16. The topological polar surface area (TPSA) is 64.0 Å². The highest BCUT2D eigenvalue weighted by atomic mass is 32.2. The molecular weight excluding hydrogens is 330 g/mol. The Hall–Kier alpha value is -1.05. The molecule has 2 aromatic rings. The van der Waals surface area contributed by atoms with Crippen molar-refractivity contribution in [1.82, 2.24) is 14.3 Å². The number of aryl methyl sites for hydroxylation is 1. The second-order valence-corrected chi connectivity index (χ2v) is 8.86. The zero-order valence-electron chi connectivity index (χ0n) is 14.3. The van der Waals surface area contributed by atoms with Crippen LogP contribution in [0.3, 0.4) is 0 Å². The minimum Gasteiger partial charge on any atom is -0.325 e. The number of imidazole rings is 1. The van der Waals surface area contributed by atoms with Gasteiger partial charge in [0.1, 0.15) is 5.82 Å². The first-order valence-corrected chi connectivity index (χ1v) is 10.7.